The van der Waals surface area contributed by atoms with E-state index in [2.05, 4.69) is 15.3 Å². The first kappa shape index (κ1) is 15.7. The Labute approximate surface area is 120 Å². The molecule has 1 heterocycles. The topological polar surface area (TPSA) is 81.2 Å². The molecule has 19 heavy (non-hydrogen) atoms. The lowest BCUT2D eigenvalue weighted by Gasteiger charge is -2.08. The van der Waals surface area contributed by atoms with Crippen molar-refractivity contribution in [1.82, 2.24) is 9.97 Å². The molecular formula is C11H13Cl2N3O3. The molecule has 0 atom stereocenters. The average molecular weight is 306 g/mol. The Balaban J connectivity index is 2.53. The summed E-state index contributed by atoms with van der Waals surface area (Å²) in [6.45, 7) is 2.54. The maximum atomic E-state index is 11.1. The Morgan fingerprint density at radius 2 is 2.16 bits per heavy atom. The second-order valence-electron chi connectivity index (χ2n) is 3.50. The highest BCUT2D eigenvalue weighted by molar-refractivity contribution is 6.34. The molecule has 1 aromatic rings. The van der Waals surface area contributed by atoms with Gasteiger partial charge in [0.25, 0.3) is 0 Å². The Morgan fingerprint density at radius 1 is 1.42 bits per heavy atom. The van der Waals surface area contributed by atoms with E-state index in [1.54, 1.807) is 6.92 Å². The summed E-state index contributed by atoms with van der Waals surface area (Å²) in [6.07, 6.45) is 1.37. The second kappa shape index (κ2) is 7.91. The summed E-state index contributed by atoms with van der Waals surface area (Å²) in [5.74, 6) is -0.0116. The number of hydrogen-bond acceptors (Lipinski definition) is 6. The van der Waals surface area contributed by atoms with Crippen LogP contribution in [0.4, 0.5) is 5.82 Å². The average Bonchev–Trinajstić information content (AvgIpc) is 2.34. The highest BCUT2D eigenvalue weighted by atomic mass is 35.5. The third-order valence-electron chi connectivity index (χ3n) is 2.15. The van der Waals surface area contributed by atoms with Gasteiger partial charge >= 0.3 is 5.97 Å². The lowest BCUT2D eigenvalue weighted by Crippen LogP contribution is -2.11. The first-order valence-corrected chi connectivity index (χ1v) is 6.41. The van der Waals surface area contributed by atoms with Crippen molar-refractivity contribution in [3.05, 3.63) is 16.0 Å². The maximum absolute atomic E-state index is 11.1. The number of aromatic nitrogens is 2. The molecule has 0 radical (unpaired) electrons. The highest BCUT2D eigenvalue weighted by Crippen LogP contribution is 2.21. The van der Waals surface area contributed by atoms with E-state index in [0.29, 0.717) is 25.9 Å². The number of nitrogens with one attached hydrogen (secondary N) is 1. The predicted octanol–water partition coefficient (Wildman–Crippen LogP) is 2.35. The van der Waals surface area contributed by atoms with Gasteiger partial charge in [0.2, 0.25) is 5.28 Å². The van der Waals surface area contributed by atoms with Gasteiger partial charge in [-0.05, 0) is 24.9 Å². The number of ether oxygens (including phenoxy) is 1. The van der Waals surface area contributed by atoms with Crippen LogP contribution in [0.1, 0.15) is 30.1 Å². The summed E-state index contributed by atoms with van der Waals surface area (Å²) in [6, 6.07) is 0. The van der Waals surface area contributed by atoms with Crippen LogP contribution in [0.15, 0.2) is 0 Å². The third-order valence-corrected chi connectivity index (χ3v) is 2.60. The van der Waals surface area contributed by atoms with Crippen LogP contribution < -0.4 is 5.32 Å². The van der Waals surface area contributed by atoms with E-state index in [4.69, 9.17) is 27.9 Å². The van der Waals surface area contributed by atoms with Crippen LogP contribution in [0, 0.1) is 0 Å². The molecule has 1 rings (SSSR count). The first-order chi connectivity index (χ1) is 9.08. The Morgan fingerprint density at radius 3 is 2.79 bits per heavy atom. The van der Waals surface area contributed by atoms with Crippen molar-refractivity contribution >= 4 is 41.3 Å². The van der Waals surface area contributed by atoms with Crippen molar-refractivity contribution in [3.63, 3.8) is 0 Å². The van der Waals surface area contributed by atoms with E-state index in [-0.39, 0.29) is 34.2 Å². The van der Waals surface area contributed by atoms with Crippen molar-refractivity contribution in [2.24, 2.45) is 0 Å². The van der Waals surface area contributed by atoms with E-state index < -0.39 is 0 Å². The quantitative estimate of drug-likeness (QED) is 0.274. The standard InChI is InChI=1S/C11H13Cl2N3O3/c1-2-19-8(18)4-3-5-14-10-7(6-17)9(12)15-11(13)16-10/h6H,2-5H2,1H3,(H,14,15,16). The molecule has 0 spiro atoms. The van der Waals surface area contributed by atoms with Gasteiger partial charge in [-0.15, -0.1) is 0 Å². The van der Waals surface area contributed by atoms with Crippen LogP contribution >= 0.6 is 23.2 Å². The molecule has 1 N–H and O–H groups in total. The monoisotopic (exact) mass is 305 g/mol. The van der Waals surface area contributed by atoms with Gasteiger partial charge < -0.3 is 10.1 Å². The van der Waals surface area contributed by atoms with Crippen LogP contribution in [0.25, 0.3) is 0 Å². The fraction of sp³-hybridized carbons (Fsp3) is 0.455. The summed E-state index contributed by atoms with van der Waals surface area (Å²) < 4.78 is 4.79. The van der Waals surface area contributed by atoms with Crippen molar-refractivity contribution in [2.45, 2.75) is 19.8 Å². The number of anilines is 1. The van der Waals surface area contributed by atoms with Crippen molar-refractivity contribution in [3.8, 4) is 0 Å². The molecule has 0 aliphatic heterocycles. The Kier molecular flexibility index (Phi) is 6.52. The molecule has 0 aliphatic carbocycles. The number of aldehydes is 1. The van der Waals surface area contributed by atoms with Gasteiger partial charge in [-0.1, -0.05) is 11.6 Å². The molecular weight excluding hydrogens is 293 g/mol. The number of esters is 1. The Bertz CT molecular complexity index is 469. The fourth-order valence-corrected chi connectivity index (χ4v) is 1.75. The smallest absolute Gasteiger partial charge is 0.305 e. The zero-order valence-electron chi connectivity index (χ0n) is 10.3. The number of nitrogens with zero attached hydrogens (tertiary/aromatic N) is 2. The van der Waals surface area contributed by atoms with Crippen LogP contribution in [-0.2, 0) is 9.53 Å². The van der Waals surface area contributed by atoms with Gasteiger partial charge in [0, 0.05) is 13.0 Å². The number of hydrogen-bond donors (Lipinski definition) is 1. The van der Waals surface area contributed by atoms with Crippen molar-refractivity contribution in [2.75, 3.05) is 18.5 Å². The van der Waals surface area contributed by atoms with E-state index in [1.165, 1.54) is 0 Å². The van der Waals surface area contributed by atoms with Crippen LogP contribution in [-0.4, -0.2) is 35.4 Å². The predicted molar refractivity (Wildman–Crippen MR) is 71.8 cm³/mol. The van der Waals surface area contributed by atoms with Gasteiger partial charge in [0.15, 0.2) is 6.29 Å². The lowest BCUT2D eigenvalue weighted by molar-refractivity contribution is -0.143. The van der Waals surface area contributed by atoms with Crippen molar-refractivity contribution < 1.29 is 14.3 Å². The molecule has 1 aromatic heterocycles. The number of rotatable bonds is 7. The van der Waals surface area contributed by atoms with Crippen LogP contribution in [0.5, 0.6) is 0 Å². The molecule has 0 saturated carbocycles. The fourth-order valence-electron chi connectivity index (χ4n) is 1.33. The second-order valence-corrected chi connectivity index (χ2v) is 4.20. The molecule has 0 aromatic carbocycles. The van der Waals surface area contributed by atoms with Crippen LogP contribution in [0.2, 0.25) is 10.4 Å². The summed E-state index contributed by atoms with van der Waals surface area (Å²) in [5, 5.41) is 2.82. The molecule has 8 heteroatoms. The minimum atomic E-state index is -0.265. The van der Waals surface area contributed by atoms with Gasteiger partial charge in [-0.2, -0.15) is 4.98 Å². The summed E-state index contributed by atoms with van der Waals surface area (Å²) in [7, 11) is 0. The largest absolute Gasteiger partial charge is 0.466 e. The molecule has 0 unspecified atom stereocenters. The zero-order chi connectivity index (χ0) is 14.3. The highest BCUT2D eigenvalue weighted by Gasteiger charge is 2.11. The minimum absolute atomic E-state index is 0.0112. The minimum Gasteiger partial charge on any atom is -0.466 e. The zero-order valence-corrected chi connectivity index (χ0v) is 11.8. The molecule has 0 amide bonds. The maximum Gasteiger partial charge on any atom is 0.305 e. The number of carbonyl (C=O) groups is 2. The van der Waals surface area contributed by atoms with E-state index in [0.717, 1.165) is 0 Å². The number of halogens is 2. The molecule has 6 nitrogen and oxygen atoms in total. The van der Waals surface area contributed by atoms with Gasteiger partial charge in [-0.25, -0.2) is 4.98 Å². The lowest BCUT2D eigenvalue weighted by atomic mass is 10.3. The van der Waals surface area contributed by atoms with Crippen LogP contribution in [0.3, 0.4) is 0 Å². The SMILES string of the molecule is CCOC(=O)CCCNc1nc(Cl)nc(Cl)c1C=O. The summed E-state index contributed by atoms with van der Waals surface area (Å²) in [5.41, 5.74) is 0.141. The summed E-state index contributed by atoms with van der Waals surface area (Å²) >= 11 is 11.4. The van der Waals surface area contributed by atoms with Gasteiger partial charge in [0.1, 0.15) is 11.0 Å². The van der Waals surface area contributed by atoms with E-state index >= 15 is 0 Å². The van der Waals surface area contributed by atoms with E-state index in [9.17, 15) is 9.59 Å². The van der Waals surface area contributed by atoms with Gasteiger partial charge in [0.05, 0.1) is 12.2 Å². The summed E-state index contributed by atoms with van der Waals surface area (Å²) in [4.78, 5) is 29.5. The third kappa shape index (κ3) is 5.00. The Hall–Kier alpha value is -1.40. The first-order valence-electron chi connectivity index (χ1n) is 5.66. The van der Waals surface area contributed by atoms with Gasteiger partial charge in [-0.3, -0.25) is 9.59 Å². The molecule has 0 fully saturated rings. The molecule has 0 bridgehead atoms. The molecule has 0 saturated heterocycles. The molecule has 0 aliphatic rings. The van der Waals surface area contributed by atoms with E-state index in [1.807, 2.05) is 0 Å². The van der Waals surface area contributed by atoms with Crippen molar-refractivity contribution in [1.29, 1.82) is 0 Å². The normalized spacial score (nSPS) is 10.1. The number of carbonyl (C=O) groups excluding carboxylic acids is 2. The molecule has 104 valence electrons.